The highest BCUT2D eigenvalue weighted by Gasteiger charge is 2.13. The number of hydrogen-bond acceptors (Lipinski definition) is 5. The summed E-state index contributed by atoms with van der Waals surface area (Å²) in [4.78, 5) is 11.2. The van der Waals surface area contributed by atoms with E-state index in [2.05, 4.69) is 4.18 Å². The van der Waals surface area contributed by atoms with E-state index in [1.807, 2.05) is 6.92 Å². The third kappa shape index (κ3) is 6.46. The molecule has 15 heavy (non-hydrogen) atoms. The third-order valence-electron chi connectivity index (χ3n) is 2.05. The summed E-state index contributed by atoms with van der Waals surface area (Å²) in [6.07, 6.45) is 0.980. The molecule has 5 nitrogen and oxygen atoms in total. The molecule has 0 bridgehead atoms. The predicted molar refractivity (Wildman–Crippen MR) is 55.8 cm³/mol. The first-order chi connectivity index (χ1) is 6.93. The van der Waals surface area contributed by atoms with Crippen LogP contribution in [-0.4, -0.2) is 33.9 Å². The molecule has 0 aromatic carbocycles. The summed E-state index contributed by atoms with van der Waals surface area (Å²) in [7, 11) is -2.32. The molecule has 0 fully saturated rings. The SMILES string of the molecule is CCC(C)C(=O)OCCCS(=O)(=O)OC. The van der Waals surface area contributed by atoms with E-state index in [0.717, 1.165) is 13.5 Å². The molecule has 90 valence electrons. The van der Waals surface area contributed by atoms with Crippen LogP contribution in [0.5, 0.6) is 0 Å². The van der Waals surface area contributed by atoms with Gasteiger partial charge in [0.2, 0.25) is 0 Å². The molecule has 0 saturated heterocycles. The molecule has 6 heteroatoms. The first-order valence-electron chi connectivity index (χ1n) is 4.88. The summed E-state index contributed by atoms with van der Waals surface area (Å²) in [5.41, 5.74) is 0. The Bertz CT molecular complexity index is 283. The number of carbonyl (C=O) groups excluding carboxylic acids is 1. The second kappa shape index (κ2) is 6.79. The van der Waals surface area contributed by atoms with Crippen LogP contribution in [0.4, 0.5) is 0 Å². The Balaban J connectivity index is 3.68. The molecule has 1 atom stereocenters. The van der Waals surface area contributed by atoms with Gasteiger partial charge in [0.1, 0.15) is 0 Å². The fourth-order valence-corrected chi connectivity index (χ4v) is 1.44. The van der Waals surface area contributed by atoms with Crippen LogP contribution in [0.1, 0.15) is 26.7 Å². The van der Waals surface area contributed by atoms with Crippen molar-refractivity contribution in [1.29, 1.82) is 0 Å². The van der Waals surface area contributed by atoms with Crippen molar-refractivity contribution in [2.24, 2.45) is 5.92 Å². The van der Waals surface area contributed by atoms with Gasteiger partial charge in [-0.25, -0.2) is 0 Å². The summed E-state index contributed by atoms with van der Waals surface area (Å²) >= 11 is 0. The predicted octanol–water partition coefficient (Wildman–Crippen LogP) is 0.942. The molecule has 0 aromatic heterocycles. The fourth-order valence-electron chi connectivity index (χ4n) is 0.801. The molecule has 0 spiro atoms. The van der Waals surface area contributed by atoms with Gasteiger partial charge in [0.15, 0.2) is 0 Å². The summed E-state index contributed by atoms with van der Waals surface area (Å²) in [6.45, 7) is 3.78. The van der Waals surface area contributed by atoms with Gasteiger partial charge in [-0.05, 0) is 12.8 Å². The van der Waals surface area contributed by atoms with Crippen molar-refractivity contribution in [2.45, 2.75) is 26.7 Å². The highest BCUT2D eigenvalue weighted by atomic mass is 32.2. The molecule has 0 saturated carbocycles. The quantitative estimate of drug-likeness (QED) is 0.375. The van der Waals surface area contributed by atoms with Gasteiger partial charge in [0.25, 0.3) is 10.1 Å². The monoisotopic (exact) mass is 238 g/mol. The topological polar surface area (TPSA) is 69.7 Å². The second-order valence-corrected chi connectivity index (χ2v) is 5.12. The van der Waals surface area contributed by atoms with Gasteiger partial charge < -0.3 is 4.74 Å². The van der Waals surface area contributed by atoms with E-state index in [-0.39, 0.29) is 30.7 Å². The number of rotatable bonds is 7. The van der Waals surface area contributed by atoms with Crippen LogP contribution in [0.3, 0.4) is 0 Å². The molecule has 0 amide bonds. The lowest BCUT2D eigenvalue weighted by molar-refractivity contribution is -0.148. The van der Waals surface area contributed by atoms with E-state index in [0.29, 0.717) is 0 Å². The van der Waals surface area contributed by atoms with Crippen LogP contribution in [0.15, 0.2) is 0 Å². The lowest BCUT2D eigenvalue weighted by Crippen LogP contribution is -2.16. The standard InChI is InChI=1S/C9H18O5S/c1-4-8(2)9(10)14-6-5-7-15(11,12)13-3/h8H,4-7H2,1-3H3. The summed E-state index contributed by atoms with van der Waals surface area (Å²) in [5.74, 6) is -0.548. The van der Waals surface area contributed by atoms with Gasteiger partial charge in [-0.3, -0.25) is 8.98 Å². The zero-order valence-corrected chi connectivity index (χ0v) is 10.2. The number of hydrogen-bond donors (Lipinski definition) is 0. The minimum absolute atomic E-state index is 0.117. The molecule has 0 aliphatic rings. The van der Waals surface area contributed by atoms with Crippen molar-refractivity contribution in [3.8, 4) is 0 Å². The van der Waals surface area contributed by atoms with E-state index in [1.165, 1.54) is 0 Å². The van der Waals surface area contributed by atoms with Gasteiger partial charge in [-0.2, -0.15) is 8.42 Å². The Hall–Kier alpha value is -0.620. The van der Waals surface area contributed by atoms with E-state index in [9.17, 15) is 13.2 Å². The molecule has 0 aliphatic carbocycles. The Morgan fingerprint density at radius 3 is 2.47 bits per heavy atom. The maximum Gasteiger partial charge on any atom is 0.308 e. The zero-order valence-electron chi connectivity index (χ0n) is 9.36. The van der Waals surface area contributed by atoms with Crippen molar-refractivity contribution in [2.75, 3.05) is 19.5 Å². The van der Waals surface area contributed by atoms with E-state index < -0.39 is 10.1 Å². The minimum atomic E-state index is -3.43. The van der Waals surface area contributed by atoms with Crippen LogP contribution in [0, 0.1) is 5.92 Å². The maximum atomic E-state index is 11.2. The highest BCUT2D eigenvalue weighted by Crippen LogP contribution is 2.04. The molecular formula is C9H18O5S. The largest absolute Gasteiger partial charge is 0.465 e. The van der Waals surface area contributed by atoms with Crippen molar-refractivity contribution >= 4 is 16.1 Å². The zero-order chi connectivity index (χ0) is 11.9. The van der Waals surface area contributed by atoms with E-state index >= 15 is 0 Å². The number of ether oxygens (including phenoxy) is 1. The number of carbonyl (C=O) groups is 1. The first kappa shape index (κ1) is 14.4. The molecule has 0 aliphatic heterocycles. The molecule has 0 aromatic rings. The molecule has 0 radical (unpaired) electrons. The van der Waals surface area contributed by atoms with Gasteiger partial charge in [0.05, 0.1) is 25.4 Å². The third-order valence-corrected chi connectivity index (χ3v) is 3.35. The van der Waals surface area contributed by atoms with Crippen LogP contribution in [-0.2, 0) is 23.8 Å². The number of esters is 1. The molecular weight excluding hydrogens is 220 g/mol. The van der Waals surface area contributed by atoms with Crippen molar-refractivity contribution in [3.63, 3.8) is 0 Å². The Morgan fingerprint density at radius 1 is 1.40 bits per heavy atom. The van der Waals surface area contributed by atoms with Gasteiger partial charge in [0, 0.05) is 0 Å². The normalized spacial score (nSPS) is 13.5. The second-order valence-electron chi connectivity index (χ2n) is 3.26. The summed E-state index contributed by atoms with van der Waals surface area (Å²) in [6, 6.07) is 0. The minimum Gasteiger partial charge on any atom is -0.465 e. The van der Waals surface area contributed by atoms with Gasteiger partial charge >= 0.3 is 5.97 Å². The van der Waals surface area contributed by atoms with Crippen LogP contribution < -0.4 is 0 Å². The van der Waals surface area contributed by atoms with Crippen molar-refractivity contribution in [3.05, 3.63) is 0 Å². The fraction of sp³-hybridized carbons (Fsp3) is 0.889. The Labute approximate surface area is 90.9 Å². The van der Waals surface area contributed by atoms with Crippen LogP contribution in [0.25, 0.3) is 0 Å². The van der Waals surface area contributed by atoms with E-state index in [1.54, 1.807) is 6.92 Å². The average Bonchev–Trinajstić information content (AvgIpc) is 2.22. The summed E-state index contributed by atoms with van der Waals surface area (Å²) < 4.78 is 30.9. The maximum absolute atomic E-state index is 11.2. The molecule has 1 unspecified atom stereocenters. The van der Waals surface area contributed by atoms with Crippen LogP contribution >= 0.6 is 0 Å². The van der Waals surface area contributed by atoms with Crippen molar-refractivity contribution in [1.82, 2.24) is 0 Å². The van der Waals surface area contributed by atoms with Gasteiger partial charge in [-0.1, -0.05) is 13.8 Å². The molecule has 0 N–H and O–H groups in total. The van der Waals surface area contributed by atoms with Crippen molar-refractivity contribution < 1.29 is 22.1 Å². The average molecular weight is 238 g/mol. The first-order valence-corrected chi connectivity index (χ1v) is 6.45. The smallest absolute Gasteiger partial charge is 0.308 e. The highest BCUT2D eigenvalue weighted by molar-refractivity contribution is 7.86. The van der Waals surface area contributed by atoms with Crippen LogP contribution in [0.2, 0.25) is 0 Å². The Kier molecular flexibility index (Phi) is 6.51. The summed E-state index contributed by atoms with van der Waals surface area (Å²) in [5, 5.41) is 0. The van der Waals surface area contributed by atoms with Gasteiger partial charge in [-0.15, -0.1) is 0 Å². The Morgan fingerprint density at radius 2 is 2.00 bits per heavy atom. The molecule has 0 heterocycles. The lowest BCUT2D eigenvalue weighted by Gasteiger charge is -2.08. The molecule has 0 rings (SSSR count). The lowest BCUT2D eigenvalue weighted by atomic mass is 10.1. The van der Waals surface area contributed by atoms with E-state index in [4.69, 9.17) is 4.74 Å².